The van der Waals surface area contributed by atoms with Crippen molar-refractivity contribution in [3.8, 4) is 0 Å². The molecule has 1 aliphatic heterocycles. The minimum atomic E-state index is 0.364. The van der Waals surface area contributed by atoms with Gasteiger partial charge < -0.3 is 14.6 Å². The molecule has 90 valence electrons. The zero-order valence-corrected chi connectivity index (χ0v) is 10.3. The van der Waals surface area contributed by atoms with Gasteiger partial charge in [-0.05, 0) is 26.7 Å². The Bertz CT molecular complexity index is 327. The van der Waals surface area contributed by atoms with E-state index in [1.165, 1.54) is 0 Å². The van der Waals surface area contributed by atoms with E-state index in [0.717, 1.165) is 25.2 Å². The lowest BCUT2D eigenvalue weighted by molar-refractivity contribution is -0.0423. The standard InChI is InChI=1S/C12H21N3O/c1-9-6-11(7-10(2)16-9)14-8-12-13-4-5-15(12)3/h4-5,9-11,14H,6-8H2,1-3H3. The zero-order chi connectivity index (χ0) is 11.5. The summed E-state index contributed by atoms with van der Waals surface area (Å²) in [7, 11) is 2.03. The van der Waals surface area contributed by atoms with Gasteiger partial charge in [-0.1, -0.05) is 0 Å². The van der Waals surface area contributed by atoms with Crippen molar-refractivity contribution in [2.24, 2.45) is 7.05 Å². The first kappa shape index (κ1) is 11.6. The second-order valence-corrected chi connectivity index (χ2v) is 4.76. The first-order chi connectivity index (χ1) is 7.65. The maximum absolute atomic E-state index is 5.72. The Balaban J connectivity index is 1.84. The number of aryl methyl sites for hydroxylation is 1. The fourth-order valence-electron chi connectivity index (χ4n) is 2.37. The highest BCUT2D eigenvalue weighted by Gasteiger charge is 2.23. The third-order valence-electron chi connectivity index (χ3n) is 3.17. The molecule has 4 nitrogen and oxygen atoms in total. The fraction of sp³-hybridized carbons (Fsp3) is 0.750. The molecule has 1 saturated heterocycles. The summed E-state index contributed by atoms with van der Waals surface area (Å²) in [5.41, 5.74) is 0. The molecule has 1 aliphatic rings. The van der Waals surface area contributed by atoms with E-state index in [1.54, 1.807) is 0 Å². The van der Waals surface area contributed by atoms with Crippen LogP contribution in [0, 0.1) is 0 Å². The molecule has 1 aromatic heterocycles. The first-order valence-electron chi connectivity index (χ1n) is 6.00. The Morgan fingerprint density at radius 2 is 2.12 bits per heavy atom. The van der Waals surface area contributed by atoms with E-state index in [2.05, 4.69) is 28.7 Å². The SMILES string of the molecule is CC1CC(NCc2nccn2C)CC(C)O1. The van der Waals surface area contributed by atoms with Crippen molar-refractivity contribution in [1.29, 1.82) is 0 Å². The summed E-state index contributed by atoms with van der Waals surface area (Å²) in [6.07, 6.45) is 6.73. The molecule has 0 spiro atoms. The Morgan fingerprint density at radius 1 is 1.44 bits per heavy atom. The van der Waals surface area contributed by atoms with Crippen molar-refractivity contribution in [2.45, 2.75) is 51.5 Å². The molecule has 1 N–H and O–H groups in total. The van der Waals surface area contributed by atoms with Crippen LogP contribution >= 0.6 is 0 Å². The molecule has 2 heterocycles. The fourth-order valence-corrected chi connectivity index (χ4v) is 2.37. The number of rotatable bonds is 3. The normalized spacial score (nSPS) is 30.6. The van der Waals surface area contributed by atoms with Crippen molar-refractivity contribution < 1.29 is 4.74 Å². The lowest BCUT2D eigenvalue weighted by Crippen LogP contribution is -2.41. The van der Waals surface area contributed by atoms with Gasteiger partial charge in [0.05, 0.1) is 18.8 Å². The molecule has 16 heavy (non-hydrogen) atoms. The van der Waals surface area contributed by atoms with Crippen molar-refractivity contribution >= 4 is 0 Å². The lowest BCUT2D eigenvalue weighted by Gasteiger charge is -2.32. The molecule has 0 amide bonds. The highest BCUT2D eigenvalue weighted by atomic mass is 16.5. The van der Waals surface area contributed by atoms with E-state index >= 15 is 0 Å². The number of hydrogen-bond donors (Lipinski definition) is 1. The molecule has 0 aliphatic carbocycles. The third kappa shape index (κ3) is 2.83. The van der Waals surface area contributed by atoms with Crippen LogP contribution in [0.2, 0.25) is 0 Å². The molecule has 2 unspecified atom stereocenters. The van der Waals surface area contributed by atoms with Crippen LogP contribution in [-0.4, -0.2) is 27.8 Å². The predicted octanol–water partition coefficient (Wildman–Crippen LogP) is 1.47. The minimum absolute atomic E-state index is 0.364. The molecule has 0 bridgehead atoms. The zero-order valence-electron chi connectivity index (χ0n) is 10.3. The number of hydrogen-bond acceptors (Lipinski definition) is 3. The van der Waals surface area contributed by atoms with Crippen LogP contribution in [0.5, 0.6) is 0 Å². The van der Waals surface area contributed by atoms with E-state index in [9.17, 15) is 0 Å². The summed E-state index contributed by atoms with van der Waals surface area (Å²) in [5.74, 6) is 1.09. The Morgan fingerprint density at radius 3 is 2.69 bits per heavy atom. The van der Waals surface area contributed by atoms with Crippen molar-refractivity contribution in [2.75, 3.05) is 0 Å². The van der Waals surface area contributed by atoms with Gasteiger partial charge in [0.1, 0.15) is 5.82 Å². The molecule has 0 radical (unpaired) electrons. The molecular weight excluding hydrogens is 202 g/mol. The van der Waals surface area contributed by atoms with Crippen LogP contribution in [0.1, 0.15) is 32.5 Å². The summed E-state index contributed by atoms with van der Waals surface area (Å²) >= 11 is 0. The number of nitrogens with zero attached hydrogens (tertiary/aromatic N) is 2. The summed E-state index contributed by atoms with van der Waals surface area (Å²) in [6.45, 7) is 5.13. The second kappa shape index (κ2) is 4.97. The summed E-state index contributed by atoms with van der Waals surface area (Å²) in [5, 5.41) is 3.56. The lowest BCUT2D eigenvalue weighted by atomic mass is 10.00. The van der Waals surface area contributed by atoms with Crippen LogP contribution < -0.4 is 5.32 Å². The number of imidazole rings is 1. The van der Waals surface area contributed by atoms with Gasteiger partial charge >= 0.3 is 0 Å². The molecule has 2 atom stereocenters. The third-order valence-corrected chi connectivity index (χ3v) is 3.17. The van der Waals surface area contributed by atoms with Crippen molar-refractivity contribution in [3.05, 3.63) is 18.2 Å². The molecule has 4 heteroatoms. The molecular formula is C12H21N3O. The van der Waals surface area contributed by atoms with Crippen LogP contribution in [-0.2, 0) is 18.3 Å². The Labute approximate surface area is 97.0 Å². The Hall–Kier alpha value is -0.870. The topological polar surface area (TPSA) is 39.1 Å². The van der Waals surface area contributed by atoms with Gasteiger partial charge in [-0.25, -0.2) is 4.98 Å². The van der Waals surface area contributed by atoms with Crippen LogP contribution in [0.15, 0.2) is 12.4 Å². The number of aromatic nitrogens is 2. The van der Waals surface area contributed by atoms with Gasteiger partial charge in [-0.3, -0.25) is 0 Å². The largest absolute Gasteiger partial charge is 0.375 e. The summed E-state index contributed by atoms with van der Waals surface area (Å²) < 4.78 is 7.77. The first-order valence-corrected chi connectivity index (χ1v) is 6.00. The van der Waals surface area contributed by atoms with Gasteiger partial charge in [0.15, 0.2) is 0 Å². The van der Waals surface area contributed by atoms with Crippen molar-refractivity contribution in [1.82, 2.24) is 14.9 Å². The summed E-state index contributed by atoms with van der Waals surface area (Å²) in [4.78, 5) is 4.31. The van der Waals surface area contributed by atoms with Gasteiger partial charge in [0.2, 0.25) is 0 Å². The molecule has 0 saturated carbocycles. The summed E-state index contributed by atoms with van der Waals surface area (Å²) in [6, 6.07) is 0.551. The highest BCUT2D eigenvalue weighted by molar-refractivity contribution is 4.91. The van der Waals surface area contributed by atoms with Crippen LogP contribution in [0.4, 0.5) is 0 Å². The van der Waals surface area contributed by atoms with Crippen LogP contribution in [0.3, 0.4) is 0 Å². The maximum Gasteiger partial charge on any atom is 0.122 e. The number of ether oxygens (including phenoxy) is 1. The van der Waals surface area contributed by atoms with E-state index in [1.807, 2.05) is 19.4 Å². The average molecular weight is 223 g/mol. The van der Waals surface area contributed by atoms with Gasteiger partial charge in [0.25, 0.3) is 0 Å². The maximum atomic E-state index is 5.72. The van der Waals surface area contributed by atoms with E-state index < -0.39 is 0 Å². The van der Waals surface area contributed by atoms with E-state index in [4.69, 9.17) is 4.74 Å². The average Bonchev–Trinajstić information content (AvgIpc) is 2.59. The smallest absolute Gasteiger partial charge is 0.122 e. The van der Waals surface area contributed by atoms with Gasteiger partial charge in [-0.2, -0.15) is 0 Å². The van der Waals surface area contributed by atoms with Gasteiger partial charge in [-0.15, -0.1) is 0 Å². The monoisotopic (exact) mass is 223 g/mol. The second-order valence-electron chi connectivity index (χ2n) is 4.76. The van der Waals surface area contributed by atoms with Gasteiger partial charge in [0, 0.05) is 25.5 Å². The van der Waals surface area contributed by atoms with Crippen molar-refractivity contribution in [3.63, 3.8) is 0 Å². The molecule has 1 fully saturated rings. The Kier molecular flexibility index (Phi) is 3.61. The van der Waals surface area contributed by atoms with E-state index in [-0.39, 0.29) is 0 Å². The minimum Gasteiger partial charge on any atom is -0.375 e. The molecule has 1 aromatic rings. The quantitative estimate of drug-likeness (QED) is 0.843. The predicted molar refractivity (Wildman–Crippen MR) is 63.1 cm³/mol. The molecule has 0 aromatic carbocycles. The van der Waals surface area contributed by atoms with Crippen LogP contribution in [0.25, 0.3) is 0 Å². The number of nitrogens with one attached hydrogen (secondary N) is 1. The molecule has 2 rings (SSSR count). The van der Waals surface area contributed by atoms with E-state index in [0.29, 0.717) is 18.2 Å². The highest BCUT2D eigenvalue weighted by Crippen LogP contribution is 2.19.